The van der Waals surface area contributed by atoms with Crippen LogP contribution in [-0.2, 0) is 6.42 Å². The first-order chi connectivity index (χ1) is 32.7. The monoisotopic (exact) mass is 909 g/mol. The Labute approximate surface area is 407 Å². The molecule has 18 unspecified atom stereocenters. The lowest BCUT2D eigenvalue weighted by Gasteiger charge is -2.43. The van der Waals surface area contributed by atoms with E-state index in [0.717, 1.165) is 43.1 Å². The normalized spacial score (nSPS) is 42.5. The Morgan fingerprint density at radius 1 is 0.851 bits per heavy atom. The molecule has 18 atom stereocenters. The summed E-state index contributed by atoms with van der Waals surface area (Å²) in [6.07, 6.45) is 45.2. The van der Waals surface area contributed by atoms with E-state index in [1.807, 2.05) is 0 Å². The van der Waals surface area contributed by atoms with Crippen molar-refractivity contribution in [3.05, 3.63) is 82.3 Å². The Bertz CT molecular complexity index is 2110. The molecule has 366 valence electrons. The van der Waals surface area contributed by atoms with Crippen molar-refractivity contribution in [3.63, 3.8) is 0 Å². The molecular formula is C61H92N6. The molecule has 0 aromatic carbocycles. The topological polar surface area (TPSA) is 104 Å². The van der Waals surface area contributed by atoms with E-state index >= 15 is 0 Å². The van der Waals surface area contributed by atoms with Crippen LogP contribution in [0.15, 0.2) is 70.3 Å². The van der Waals surface area contributed by atoms with E-state index in [1.165, 1.54) is 139 Å². The third kappa shape index (κ3) is 8.56. The van der Waals surface area contributed by atoms with Crippen LogP contribution in [0.25, 0.3) is 0 Å². The third-order valence-electron chi connectivity index (χ3n) is 21.7. The summed E-state index contributed by atoms with van der Waals surface area (Å²) in [6.45, 7) is 13.5. The van der Waals surface area contributed by atoms with Gasteiger partial charge in [0.25, 0.3) is 0 Å². The summed E-state index contributed by atoms with van der Waals surface area (Å²) in [5, 5.41) is 8.32. The number of rotatable bonds is 12. The molecule has 4 saturated carbocycles. The zero-order valence-electron chi connectivity index (χ0n) is 42.7. The minimum absolute atomic E-state index is 0.263. The van der Waals surface area contributed by atoms with Gasteiger partial charge in [-0.1, -0.05) is 108 Å². The second-order valence-corrected chi connectivity index (χ2v) is 24.7. The van der Waals surface area contributed by atoms with Crippen LogP contribution in [0.1, 0.15) is 192 Å². The van der Waals surface area contributed by atoms with E-state index < -0.39 is 0 Å². The van der Waals surface area contributed by atoms with Crippen LogP contribution in [0, 0.1) is 70.5 Å². The Morgan fingerprint density at radius 3 is 2.49 bits per heavy atom. The number of nitrogens with one attached hydrogen (secondary N) is 3. The maximum atomic E-state index is 6.75. The highest BCUT2D eigenvalue weighted by molar-refractivity contribution is 5.95. The molecule has 6 fully saturated rings. The van der Waals surface area contributed by atoms with E-state index in [1.54, 1.807) is 22.3 Å². The van der Waals surface area contributed by atoms with Gasteiger partial charge in [-0.2, -0.15) is 0 Å². The molecule has 7 N–H and O–H groups in total. The Kier molecular flexibility index (Phi) is 13.7. The summed E-state index contributed by atoms with van der Waals surface area (Å²) >= 11 is 0. The van der Waals surface area contributed by atoms with Crippen LogP contribution in [-0.4, -0.2) is 47.4 Å². The molecule has 0 spiro atoms. The quantitative estimate of drug-likeness (QED) is 0.135. The lowest BCUT2D eigenvalue weighted by Crippen LogP contribution is -2.43. The van der Waals surface area contributed by atoms with Crippen LogP contribution in [0.2, 0.25) is 0 Å². The van der Waals surface area contributed by atoms with Crippen molar-refractivity contribution in [2.24, 2.45) is 87.0 Å². The number of fused-ring (bicyclic) bond motifs is 9. The summed E-state index contributed by atoms with van der Waals surface area (Å²) in [4.78, 5) is 9.67. The molecule has 11 rings (SSSR count). The second kappa shape index (κ2) is 19.6. The molecule has 1 aromatic rings. The van der Waals surface area contributed by atoms with Gasteiger partial charge in [0.05, 0.1) is 12.1 Å². The number of aliphatic imine (C=N–C) groups is 1. The molecule has 7 aliphatic carbocycles. The van der Waals surface area contributed by atoms with Crippen molar-refractivity contribution in [1.82, 2.24) is 15.6 Å². The predicted molar refractivity (Wildman–Crippen MR) is 280 cm³/mol. The highest BCUT2D eigenvalue weighted by atomic mass is 15.0. The molecule has 2 saturated heterocycles. The van der Waals surface area contributed by atoms with Gasteiger partial charge >= 0.3 is 0 Å². The number of hydrogen-bond donors (Lipinski definition) is 5. The number of piperidine rings is 1. The van der Waals surface area contributed by atoms with Crippen LogP contribution in [0.4, 0.5) is 0 Å². The van der Waals surface area contributed by atoms with Gasteiger partial charge in [-0.15, -0.1) is 0 Å². The van der Waals surface area contributed by atoms with Gasteiger partial charge in [0.15, 0.2) is 0 Å². The molecule has 0 bridgehead atoms. The Hall–Kier alpha value is -2.51. The van der Waals surface area contributed by atoms with Gasteiger partial charge in [0.1, 0.15) is 0 Å². The average molecular weight is 909 g/mol. The van der Waals surface area contributed by atoms with Crippen molar-refractivity contribution >= 4 is 5.71 Å². The minimum atomic E-state index is 0.263. The molecule has 3 aliphatic heterocycles. The van der Waals surface area contributed by atoms with Gasteiger partial charge in [0, 0.05) is 53.1 Å². The van der Waals surface area contributed by atoms with Crippen LogP contribution in [0.5, 0.6) is 0 Å². The predicted octanol–water partition coefficient (Wildman–Crippen LogP) is 12.8. The molecule has 67 heavy (non-hydrogen) atoms. The lowest BCUT2D eigenvalue weighted by molar-refractivity contribution is 0.112. The highest BCUT2D eigenvalue weighted by Gasteiger charge is 2.57. The van der Waals surface area contributed by atoms with Gasteiger partial charge in [-0.3, -0.25) is 4.99 Å². The number of nitrogens with zero attached hydrogens (tertiary/aromatic N) is 1. The first-order valence-corrected chi connectivity index (χ1v) is 29.0. The SMILES string of the molecule is CCC(=C1CCCCC1N)C1CC2CCC3CC(C=CC4C=CC5C6C=CC(CC(C)C7CNC8c9[nH]c(C(CC)C%10CCCCC%10N)cc9CCC8C7)=CC6C(CC)(CC)C5C4)NC3C2=N1. The van der Waals surface area contributed by atoms with E-state index in [-0.39, 0.29) is 6.04 Å². The first kappa shape index (κ1) is 46.8. The summed E-state index contributed by atoms with van der Waals surface area (Å²) in [5.74, 6) is 7.99. The fourth-order valence-electron chi connectivity index (χ4n) is 18.0. The number of aryl methyl sites for hydroxylation is 1. The van der Waals surface area contributed by atoms with Gasteiger partial charge in [0.2, 0.25) is 0 Å². The van der Waals surface area contributed by atoms with Crippen molar-refractivity contribution in [2.75, 3.05) is 6.54 Å². The van der Waals surface area contributed by atoms with E-state index in [0.29, 0.717) is 83.0 Å². The summed E-state index contributed by atoms with van der Waals surface area (Å²) in [6, 6.07) is 4.99. The van der Waals surface area contributed by atoms with Crippen molar-refractivity contribution < 1.29 is 0 Å². The van der Waals surface area contributed by atoms with Crippen molar-refractivity contribution in [1.29, 1.82) is 0 Å². The number of aromatic nitrogens is 1. The van der Waals surface area contributed by atoms with E-state index in [2.05, 4.69) is 98.8 Å². The molecule has 1 aromatic heterocycles. The maximum absolute atomic E-state index is 6.75. The van der Waals surface area contributed by atoms with Crippen molar-refractivity contribution in [2.45, 2.75) is 212 Å². The maximum Gasteiger partial charge on any atom is 0.0718 e. The molecule has 10 aliphatic rings. The second-order valence-electron chi connectivity index (χ2n) is 24.7. The Balaban J connectivity index is 0.717. The van der Waals surface area contributed by atoms with Crippen LogP contribution < -0.4 is 22.1 Å². The molecular weight excluding hydrogens is 817 g/mol. The smallest absolute Gasteiger partial charge is 0.0718 e. The molecule has 6 nitrogen and oxygen atoms in total. The van der Waals surface area contributed by atoms with E-state index in [9.17, 15) is 0 Å². The molecule has 4 heterocycles. The third-order valence-corrected chi connectivity index (χ3v) is 21.7. The van der Waals surface area contributed by atoms with Gasteiger partial charge in [-0.25, -0.2) is 0 Å². The zero-order valence-corrected chi connectivity index (χ0v) is 42.7. The number of aromatic amines is 1. The fourth-order valence-corrected chi connectivity index (χ4v) is 18.0. The van der Waals surface area contributed by atoms with Gasteiger partial charge < -0.3 is 27.1 Å². The number of nitrogens with two attached hydrogens (primary N) is 2. The standard InChI is InChI=1S/C61H92N6/c1-6-45(49-14-10-12-16-53(49)62)55-33-41-23-21-39-31-43(35-64-57(39)58(41)66-55)36(5)28-38-20-27-48-47-26-19-37(29-51(47)61(8-3,9-4)52(48)30-38)18-25-44-32-40-22-24-42-34-56(67-60(42)59(40)65-44)46(7-2)50-15-11-13-17-54(50)63/h18-20,25-27,30,33,36-37,39-40,42-45,47-49,51-54,56-57,59,64-66H,6-17,21-24,28-29,31-32,34-35,62-63H2,1-5H3. The summed E-state index contributed by atoms with van der Waals surface area (Å²) < 4.78 is 0. The fraction of sp³-hybridized carbons (Fsp3) is 0.754. The van der Waals surface area contributed by atoms with Crippen molar-refractivity contribution in [3.8, 4) is 0 Å². The van der Waals surface area contributed by atoms with E-state index in [4.69, 9.17) is 16.5 Å². The molecule has 0 amide bonds. The highest BCUT2D eigenvalue weighted by Crippen LogP contribution is 2.64. The zero-order chi connectivity index (χ0) is 46.0. The first-order valence-electron chi connectivity index (χ1n) is 29.0. The summed E-state index contributed by atoms with van der Waals surface area (Å²) in [7, 11) is 0. The Morgan fingerprint density at radius 2 is 1.69 bits per heavy atom. The lowest BCUT2D eigenvalue weighted by atomic mass is 9.63. The molecule has 6 heteroatoms. The molecule has 0 radical (unpaired) electrons. The van der Waals surface area contributed by atoms with Crippen LogP contribution >= 0.6 is 0 Å². The number of allylic oxidation sites excluding steroid dienone is 7. The summed E-state index contributed by atoms with van der Waals surface area (Å²) in [5.41, 5.74) is 24.7. The average Bonchev–Trinajstić information content (AvgIpc) is 4.14. The largest absolute Gasteiger partial charge is 0.360 e. The van der Waals surface area contributed by atoms with Crippen LogP contribution in [0.3, 0.4) is 0 Å². The minimum Gasteiger partial charge on any atom is -0.360 e. The van der Waals surface area contributed by atoms with Gasteiger partial charge in [-0.05, 0) is 204 Å². The number of H-pyrrole nitrogens is 1. The number of hydrogen-bond acceptors (Lipinski definition) is 5.